The molecule has 2 aromatic rings. The first-order valence-electron chi connectivity index (χ1n) is 9.84. The Labute approximate surface area is 163 Å². The topological polar surface area (TPSA) is 95.9 Å². The van der Waals surface area contributed by atoms with Crippen molar-refractivity contribution in [2.45, 2.75) is 38.6 Å². The third-order valence-corrected chi connectivity index (χ3v) is 6.37. The maximum atomic E-state index is 12.3. The lowest BCUT2D eigenvalue weighted by molar-refractivity contribution is -0.125. The van der Waals surface area contributed by atoms with Crippen molar-refractivity contribution in [3.8, 4) is 11.5 Å². The average molecular weight is 383 g/mol. The molecule has 2 fully saturated rings. The van der Waals surface area contributed by atoms with Crippen LogP contribution in [0.2, 0.25) is 0 Å². The summed E-state index contributed by atoms with van der Waals surface area (Å²) in [6.07, 6.45) is 4.98. The van der Waals surface area contributed by atoms with Gasteiger partial charge in [0.25, 0.3) is 5.91 Å². The number of nitrogens with one attached hydrogen (secondary N) is 1. The molecule has 0 saturated heterocycles. The van der Waals surface area contributed by atoms with E-state index < -0.39 is 12.6 Å². The minimum absolute atomic E-state index is 0.0552. The fourth-order valence-corrected chi connectivity index (χ4v) is 5.01. The molecule has 6 nitrogen and oxygen atoms in total. The number of amides is 1. The number of hydrogen-bond donors (Lipinski definition) is 3. The highest BCUT2D eigenvalue weighted by molar-refractivity contribution is 6.04. The van der Waals surface area contributed by atoms with Crippen molar-refractivity contribution in [3.63, 3.8) is 0 Å². The molecule has 0 aliphatic heterocycles. The highest BCUT2D eigenvalue weighted by Crippen LogP contribution is 2.49. The summed E-state index contributed by atoms with van der Waals surface area (Å²) in [5.74, 6) is 0.397. The van der Waals surface area contributed by atoms with Crippen LogP contribution in [0.1, 0.15) is 43.0 Å². The van der Waals surface area contributed by atoms with Crippen LogP contribution in [0, 0.1) is 17.8 Å². The Balaban J connectivity index is 1.37. The molecule has 6 heteroatoms. The Bertz CT molecular complexity index is 925. The van der Waals surface area contributed by atoms with Crippen molar-refractivity contribution in [3.05, 3.63) is 35.9 Å². The molecule has 3 N–H and O–H groups in total. The lowest BCUT2D eigenvalue weighted by atomic mass is 9.84. The Morgan fingerprint density at radius 2 is 1.93 bits per heavy atom. The van der Waals surface area contributed by atoms with Crippen LogP contribution >= 0.6 is 0 Å². The smallest absolute Gasteiger partial charge is 0.342 e. The monoisotopic (exact) mass is 383 g/mol. The number of rotatable bonds is 5. The lowest BCUT2D eigenvalue weighted by Gasteiger charge is -2.28. The maximum Gasteiger partial charge on any atom is 0.342 e. The van der Waals surface area contributed by atoms with Crippen LogP contribution in [0.25, 0.3) is 10.8 Å². The Morgan fingerprint density at radius 3 is 2.61 bits per heavy atom. The fourth-order valence-electron chi connectivity index (χ4n) is 5.01. The molecule has 2 aromatic carbocycles. The number of fused-ring (bicyclic) bond motifs is 3. The van der Waals surface area contributed by atoms with E-state index in [9.17, 15) is 19.8 Å². The number of hydrogen-bond acceptors (Lipinski definition) is 5. The van der Waals surface area contributed by atoms with Gasteiger partial charge in [-0.3, -0.25) is 4.79 Å². The molecule has 2 aliphatic rings. The predicted molar refractivity (Wildman–Crippen MR) is 104 cm³/mol. The normalized spacial score (nSPS) is 24.2. The standard InChI is InChI=1S/C22H25NO5/c1-12(17-9-13-6-7-14(17)8-13)23-20(25)11-28-22(27)18-10-19(24)15-4-2-3-5-16(15)21(18)26/h2-5,10,12-14,17,24,26H,6-9,11H2,1H3,(H,23,25)/t12-,13+,14+,17-/m1/s1. The van der Waals surface area contributed by atoms with E-state index in [1.54, 1.807) is 24.3 Å². The second-order valence-electron chi connectivity index (χ2n) is 8.11. The summed E-state index contributed by atoms with van der Waals surface area (Å²) in [6.45, 7) is 1.59. The maximum absolute atomic E-state index is 12.3. The van der Waals surface area contributed by atoms with Crippen molar-refractivity contribution in [1.29, 1.82) is 0 Å². The molecule has 0 radical (unpaired) electrons. The van der Waals surface area contributed by atoms with Gasteiger partial charge in [-0.05, 0) is 50.0 Å². The van der Waals surface area contributed by atoms with Gasteiger partial charge in [-0.15, -0.1) is 0 Å². The Morgan fingerprint density at radius 1 is 1.18 bits per heavy atom. The summed E-state index contributed by atoms with van der Waals surface area (Å²) in [6, 6.07) is 7.88. The highest BCUT2D eigenvalue weighted by Gasteiger charge is 2.42. The lowest BCUT2D eigenvalue weighted by Crippen LogP contribution is -2.42. The second-order valence-corrected chi connectivity index (χ2v) is 8.11. The molecule has 2 aliphatic carbocycles. The van der Waals surface area contributed by atoms with Crippen LogP contribution in [-0.4, -0.2) is 34.7 Å². The van der Waals surface area contributed by atoms with Gasteiger partial charge in [0.15, 0.2) is 6.61 Å². The van der Waals surface area contributed by atoms with Crippen LogP contribution in [0.5, 0.6) is 11.5 Å². The quantitative estimate of drug-likeness (QED) is 0.544. The molecule has 0 spiro atoms. The van der Waals surface area contributed by atoms with Crippen molar-refractivity contribution in [1.82, 2.24) is 5.32 Å². The van der Waals surface area contributed by atoms with Gasteiger partial charge in [0.2, 0.25) is 0 Å². The molecule has 4 atom stereocenters. The molecule has 28 heavy (non-hydrogen) atoms. The van der Waals surface area contributed by atoms with Crippen LogP contribution in [0.3, 0.4) is 0 Å². The summed E-state index contributed by atoms with van der Waals surface area (Å²) in [7, 11) is 0. The van der Waals surface area contributed by atoms with Crippen molar-refractivity contribution < 1.29 is 24.5 Å². The molecule has 0 aromatic heterocycles. The molecule has 0 unspecified atom stereocenters. The van der Waals surface area contributed by atoms with Gasteiger partial charge in [-0.25, -0.2) is 4.79 Å². The van der Waals surface area contributed by atoms with E-state index in [1.807, 2.05) is 6.92 Å². The Kier molecular flexibility index (Phi) is 4.87. The minimum atomic E-state index is -0.846. The number of carbonyl (C=O) groups is 2. The molecule has 2 bridgehead atoms. The average Bonchev–Trinajstić information content (AvgIpc) is 3.32. The molecule has 148 valence electrons. The summed E-state index contributed by atoms with van der Waals surface area (Å²) >= 11 is 0. The zero-order valence-electron chi connectivity index (χ0n) is 15.9. The number of phenols is 2. The van der Waals surface area contributed by atoms with Crippen LogP contribution in [0.4, 0.5) is 0 Å². The first-order valence-corrected chi connectivity index (χ1v) is 9.84. The summed E-state index contributed by atoms with van der Waals surface area (Å²) in [5, 5.41) is 24.2. The third kappa shape index (κ3) is 3.39. The first-order chi connectivity index (χ1) is 13.4. The molecule has 4 rings (SSSR count). The SMILES string of the molecule is C[C@@H](NC(=O)COC(=O)c1cc(O)c2ccccc2c1O)[C@H]1C[C@H]2CC[C@H]1C2. The van der Waals surface area contributed by atoms with Gasteiger partial charge in [0.1, 0.15) is 17.1 Å². The zero-order chi connectivity index (χ0) is 19.8. The van der Waals surface area contributed by atoms with Crippen LogP contribution < -0.4 is 5.32 Å². The second kappa shape index (κ2) is 7.34. The summed E-state index contributed by atoms with van der Waals surface area (Å²) in [4.78, 5) is 24.6. The first kappa shape index (κ1) is 18.6. The highest BCUT2D eigenvalue weighted by atomic mass is 16.5. The Hall–Kier alpha value is -2.76. The number of carbonyl (C=O) groups excluding carboxylic acids is 2. The number of ether oxygens (including phenoxy) is 1. The van der Waals surface area contributed by atoms with Gasteiger partial charge in [0.05, 0.1) is 0 Å². The number of benzene rings is 2. The van der Waals surface area contributed by atoms with E-state index in [0.717, 1.165) is 18.4 Å². The minimum Gasteiger partial charge on any atom is -0.507 e. The van der Waals surface area contributed by atoms with E-state index in [4.69, 9.17) is 4.74 Å². The van der Waals surface area contributed by atoms with Gasteiger partial charge in [-0.2, -0.15) is 0 Å². The molecular formula is C22H25NO5. The van der Waals surface area contributed by atoms with Gasteiger partial charge in [0, 0.05) is 16.8 Å². The van der Waals surface area contributed by atoms with E-state index in [-0.39, 0.29) is 29.0 Å². The predicted octanol–water partition coefficient (Wildman–Crippen LogP) is 3.35. The van der Waals surface area contributed by atoms with Gasteiger partial charge >= 0.3 is 5.97 Å². The van der Waals surface area contributed by atoms with E-state index in [0.29, 0.717) is 22.6 Å². The van der Waals surface area contributed by atoms with E-state index in [1.165, 1.54) is 19.3 Å². The van der Waals surface area contributed by atoms with Crippen LogP contribution in [0.15, 0.2) is 30.3 Å². The molecular weight excluding hydrogens is 358 g/mol. The number of phenolic OH excluding ortho intramolecular Hbond substituents is 2. The summed E-state index contributed by atoms with van der Waals surface area (Å²) < 4.78 is 5.08. The summed E-state index contributed by atoms with van der Waals surface area (Å²) in [5.41, 5.74) is -0.162. The van der Waals surface area contributed by atoms with E-state index in [2.05, 4.69) is 5.32 Å². The van der Waals surface area contributed by atoms with E-state index >= 15 is 0 Å². The third-order valence-electron chi connectivity index (χ3n) is 6.37. The zero-order valence-corrected chi connectivity index (χ0v) is 15.9. The van der Waals surface area contributed by atoms with Crippen molar-refractivity contribution in [2.24, 2.45) is 17.8 Å². The van der Waals surface area contributed by atoms with Crippen molar-refractivity contribution in [2.75, 3.05) is 6.61 Å². The molecule has 2 saturated carbocycles. The largest absolute Gasteiger partial charge is 0.507 e. The fraction of sp³-hybridized carbons (Fsp3) is 0.455. The number of esters is 1. The molecule has 1 amide bonds. The van der Waals surface area contributed by atoms with Gasteiger partial charge in [-0.1, -0.05) is 30.7 Å². The van der Waals surface area contributed by atoms with Crippen molar-refractivity contribution >= 4 is 22.6 Å². The number of aromatic hydroxyl groups is 2. The van der Waals surface area contributed by atoms with Gasteiger partial charge < -0.3 is 20.3 Å². The van der Waals surface area contributed by atoms with Crippen LogP contribution in [-0.2, 0) is 9.53 Å². The molecule has 0 heterocycles.